The molecular weight excluding hydrogens is 254 g/mol. The molecule has 0 amide bonds. The van der Waals surface area contributed by atoms with E-state index < -0.39 is 0 Å². The summed E-state index contributed by atoms with van der Waals surface area (Å²) in [5.41, 5.74) is 6.48. The molecule has 3 rings (SSSR count). The van der Waals surface area contributed by atoms with Crippen LogP contribution in [0.4, 0.5) is 11.5 Å². The van der Waals surface area contributed by atoms with E-state index in [0.29, 0.717) is 17.5 Å². The van der Waals surface area contributed by atoms with Crippen molar-refractivity contribution in [1.82, 2.24) is 4.98 Å². The molecule has 20 heavy (non-hydrogen) atoms. The molecule has 1 aromatic rings. The molecule has 0 saturated heterocycles. The van der Waals surface area contributed by atoms with Gasteiger partial charge in [-0.3, -0.25) is 0 Å². The van der Waals surface area contributed by atoms with Crippen molar-refractivity contribution < 1.29 is 9.47 Å². The van der Waals surface area contributed by atoms with Gasteiger partial charge in [0.15, 0.2) is 0 Å². The number of ether oxygens (including phenoxy) is 2. The summed E-state index contributed by atoms with van der Waals surface area (Å²) < 4.78 is 11.3. The van der Waals surface area contributed by atoms with Crippen LogP contribution < -0.4 is 15.8 Å². The minimum atomic E-state index is -0.0158. The number of methoxy groups -OCH3 is 1. The second-order valence-corrected chi connectivity index (χ2v) is 5.94. The first kappa shape index (κ1) is 13.5. The van der Waals surface area contributed by atoms with E-state index in [1.54, 1.807) is 7.11 Å². The van der Waals surface area contributed by atoms with Crippen molar-refractivity contribution in [2.75, 3.05) is 31.3 Å². The largest absolute Gasteiger partial charge is 0.476 e. The standard InChI is InChI=1S/C15H23N3O2/c1-19-15(7-2-8-15)10-17-13-6-5-12(16)14(18-13)20-9-11-3-4-11/h5-6,11H,2-4,7-10,16H2,1H3,(H,17,18). The highest BCUT2D eigenvalue weighted by atomic mass is 16.5. The number of nitrogens with one attached hydrogen (secondary N) is 1. The third kappa shape index (κ3) is 2.98. The summed E-state index contributed by atoms with van der Waals surface area (Å²) in [6, 6.07) is 3.74. The maximum Gasteiger partial charge on any atom is 0.239 e. The maximum absolute atomic E-state index is 5.90. The van der Waals surface area contributed by atoms with E-state index in [1.807, 2.05) is 12.1 Å². The Kier molecular flexibility index (Phi) is 3.70. The monoisotopic (exact) mass is 277 g/mol. The molecule has 1 heterocycles. The Bertz CT molecular complexity index is 465. The van der Waals surface area contributed by atoms with Crippen molar-refractivity contribution in [2.45, 2.75) is 37.7 Å². The van der Waals surface area contributed by atoms with Crippen LogP contribution in [0.1, 0.15) is 32.1 Å². The molecule has 1 aromatic heterocycles. The lowest BCUT2D eigenvalue weighted by Crippen LogP contribution is -2.45. The molecule has 110 valence electrons. The topological polar surface area (TPSA) is 69.4 Å². The summed E-state index contributed by atoms with van der Waals surface area (Å²) in [6.07, 6.45) is 5.97. The fraction of sp³-hybridized carbons (Fsp3) is 0.667. The van der Waals surface area contributed by atoms with Crippen molar-refractivity contribution in [1.29, 1.82) is 0 Å². The van der Waals surface area contributed by atoms with E-state index in [1.165, 1.54) is 19.3 Å². The average molecular weight is 277 g/mol. The van der Waals surface area contributed by atoms with E-state index in [2.05, 4.69) is 10.3 Å². The Morgan fingerprint density at radius 1 is 1.40 bits per heavy atom. The molecule has 0 atom stereocenters. The zero-order chi connectivity index (χ0) is 14.0. The van der Waals surface area contributed by atoms with Crippen molar-refractivity contribution in [3.05, 3.63) is 12.1 Å². The SMILES string of the molecule is COC1(CNc2ccc(N)c(OCC3CC3)n2)CCC1. The summed E-state index contributed by atoms with van der Waals surface area (Å²) in [5.74, 6) is 2.04. The number of pyridine rings is 1. The molecule has 0 unspecified atom stereocenters. The smallest absolute Gasteiger partial charge is 0.239 e. The number of rotatable bonds is 7. The molecule has 0 aliphatic heterocycles. The second kappa shape index (κ2) is 5.48. The van der Waals surface area contributed by atoms with Crippen LogP contribution in [0, 0.1) is 5.92 Å². The van der Waals surface area contributed by atoms with Gasteiger partial charge in [-0.05, 0) is 50.2 Å². The number of anilines is 2. The van der Waals surface area contributed by atoms with Crippen LogP contribution in [-0.2, 0) is 4.74 Å². The van der Waals surface area contributed by atoms with E-state index in [4.69, 9.17) is 15.2 Å². The quantitative estimate of drug-likeness (QED) is 0.801. The van der Waals surface area contributed by atoms with Crippen molar-refractivity contribution >= 4 is 11.5 Å². The first-order chi connectivity index (χ1) is 9.71. The molecular formula is C15H23N3O2. The molecule has 2 aliphatic rings. The summed E-state index contributed by atoms with van der Waals surface area (Å²) in [6.45, 7) is 1.51. The maximum atomic E-state index is 5.90. The number of aromatic nitrogens is 1. The molecule has 3 N–H and O–H groups in total. The van der Waals surface area contributed by atoms with E-state index in [-0.39, 0.29) is 5.60 Å². The lowest BCUT2D eigenvalue weighted by atomic mass is 9.80. The van der Waals surface area contributed by atoms with Gasteiger partial charge in [0.25, 0.3) is 0 Å². The van der Waals surface area contributed by atoms with Crippen molar-refractivity contribution in [3.8, 4) is 5.88 Å². The van der Waals surface area contributed by atoms with Crippen LogP contribution >= 0.6 is 0 Å². The van der Waals surface area contributed by atoms with Gasteiger partial charge >= 0.3 is 0 Å². The summed E-state index contributed by atoms with van der Waals surface area (Å²) in [5, 5.41) is 3.34. The number of hydrogen-bond acceptors (Lipinski definition) is 5. The third-order valence-corrected chi connectivity index (χ3v) is 4.33. The summed E-state index contributed by atoms with van der Waals surface area (Å²) in [7, 11) is 1.78. The Balaban J connectivity index is 1.59. The van der Waals surface area contributed by atoms with Crippen LogP contribution in [0.3, 0.4) is 0 Å². The van der Waals surface area contributed by atoms with Gasteiger partial charge in [0, 0.05) is 13.7 Å². The number of nitrogens with two attached hydrogens (primary N) is 1. The highest BCUT2D eigenvalue weighted by Gasteiger charge is 2.36. The summed E-state index contributed by atoms with van der Waals surface area (Å²) >= 11 is 0. The fourth-order valence-corrected chi connectivity index (χ4v) is 2.42. The zero-order valence-electron chi connectivity index (χ0n) is 12.0. The van der Waals surface area contributed by atoms with Gasteiger partial charge in [0.2, 0.25) is 5.88 Å². The number of hydrogen-bond donors (Lipinski definition) is 2. The van der Waals surface area contributed by atoms with Crippen LogP contribution in [-0.4, -0.2) is 30.8 Å². The lowest BCUT2D eigenvalue weighted by Gasteiger charge is -2.40. The van der Waals surface area contributed by atoms with Gasteiger partial charge in [-0.25, -0.2) is 0 Å². The lowest BCUT2D eigenvalue weighted by molar-refractivity contribution is -0.0601. The highest BCUT2D eigenvalue weighted by molar-refractivity contribution is 5.53. The summed E-state index contributed by atoms with van der Waals surface area (Å²) in [4.78, 5) is 4.45. The van der Waals surface area contributed by atoms with Gasteiger partial charge in [0.1, 0.15) is 5.82 Å². The van der Waals surface area contributed by atoms with Gasteiger partial charge in [-0.15, -0.1) is 0 Å². The van der Waals surface area contributed by atoms with Gasteiger partial charge in [-0.2, -0.15) is 4.98 Å². The highest BCUT2D eigenvalue weighted by Crippen LogP contribution is 2.35. The van der Waals surface area contributed by atoms with Gasteiger partial charge in [-0.1, -0.05) is 0 Å². The molecule has 0 bridgehead atoms. The number of nitrogens with zero attached hydrogens (tertiary/aromatic N) is 1. The Morgan fingerprint density at radius 3 is 2.80 bits per heavy atom. The van der Waals surface area contributed by atoms with Crippen molar-refractivity contribution in [3.63, 3.8) is 0 Å². The molecule has 2 fully saturated rings. The Morgan fingerprint density at radius 2 is 2.20 bits per heavy atom. The Labute approximate surface area is 119 Å². The molecule has 0 radical (unpaired) electrons. The average Bonchev–Trinajstić information content (AvgIpc) is 3.22. The van der Waals surface area contributed by atoms with Crippen LogP contribution in [0.25, 0.3) is 0 Å². The van der Waals surface area contributed by atoms with E-state index in [0.717, 1.165) is 31.8 Å². The predicted octanol–water partition coefficient (Wildman–Crippen LogP) is 2.43. The molecule has 5 nitrogen and oxygen atoms in total. The minimum absolute atomic E-state index is 0.0158. The normalized spacial score (nSPS) is 20.2. The van der Waals surface area contributed by atoms with E-state index in [9.17, 15) is 0 Å². The first-order valence-corrected chi connectivity index (χ1v) is 7.39. The van der Waals surface area contributed by atoms with E-state index >= 15 is 0 Å². The van der Waals surface area contributed by atoms with Crippen molar-refractivity contribution in [2.24, 2.45) is 5.92 Å². The third-order valence-electron chi connectivity index (χ3n) is 4.33. The van der Waals surface area contributed by atoms with Crippen LogP contribution in [0.15, 0.2) is 12.1 Å². The molecule has 2 aliphatic carbocycles. The van der Waals surface area contributed by atoms with Gasteiger partial charge < -0.3 is 20.5 Å². The van der Waals surface area contributed by atoms with Crippen LogP contribution in [0.2, 0.25) is 0 Å². The fourth-order valence-electron chi connectivity index (χ4n) is 2.42. The van der Waals surface area contributed by atoms with Gasteiger partial charge in [0.05, 0.1) is 17.9 Å². The Hall–Kier alpha value is -1.49. The molecule has 0 spiro atoms. The molecule has 2 saturated carbocycles. The molecule has 0 aromatic carbocycles. The molecule has 5 heteroatoms. The zero-order valence-corrected chi connectivity index (χ0v) is 12.0. The second-order valence-electron chi connectivity index (χ2n) is 5.94. The van der Waals surface area contributed by atoms with Crippen LogP contribution in [0.5, 0.6) is 5.88 Å². The number of nitrogen functional groups attached to an aromatic ring is 1. The predicted molar refractivity (Wildman–Crippen MR) is 78.9 cm³/mol. The minimum Gasteiger partial charge on any atom is -0.476 e. The first-order valence-electron chi connectivity index (χ1n) is 7.39.